The molecule has 0 spiro atoms. The van der Waals surface area contributed by atoms with Crippen molar-refractivity contribution in [1.29, 1.82) is 0 Å². The van der Waals surface area contributed by atoms with Gasteiger partial charge in [0.1, 0.15) is 11.6 Å². The average Bonchev–Trinajstić information content (AvgIpc) is 2.79. The van der Waals surface area contributed by atoms with Crippen LogP contribution in [-0.4, -0.2) is 14.3 Å². The van der Waals surface area contributed by atoms with Crippen LogP contribution in [0, 0.1) is 19.7 Å². The molecule has 0 aliphatic carbocycles. The fourth-order valence-corrected chi connectivity index (χ4v) is 4.13. The molecule has 3 aromatic carbocycles. The van der Waals surface area contributed by atoms with Gasteiger partial charge in [0, 0.05) is 5.69 Å². The number of anilines is 2. The number of aryl methyl sites for hydroxylation is 2. The van der Waals surface area contributed by atoms with Gasteiger partial charge in [-0.3, -0.25) is 9.52 Å². The Labute approximate surface area is 167 Å². The van der Waals surface area contributed by atoms with E-state index in [0.29, 0.717) is 17.2 Å². The minimum Gasteiger partial charge on any atom is -0.454 e. The molecule has 3 aromatic rings. The lowest BCUT2D eigenvalue weighted by Gasteiger charge is -2.12. The number of halogens is 1. The quantitative estimate of drug-likeness (QED) is 0.658. The van der Waals surface area contributed by atoms with E-state index in [9.17, 15) is 17.6 Å². The summed E-state index contributed by atoms with van der Waals surface area (Å²) in [7, 11) is -3.95. The molecule has 0 radical (unpaired) electrons. The molecule has 1 aliphatic rings. The lowest BCUT2D eigenvalue weighted by molar-refractivity contribution is 0.102. The van der Waals surface area contributed by atoms with Crippen LogP contribution in [0.2, 0.25) is 0 Å². The van der Waals surface area contributed by atoms with Crippen LogP contribution < -0.4 is 14.8 Å². The minimum atomic E-state index is -3.95. The molecule has 0 aromatic heterocycles. The van der Waals surface area contributed by atoms with Crippen LogP contribution in [0.25, 0.3) is 0 Å². The van der Waals surface area contributed by atoms with E-state index in [-0.39, 0.29) is 21.7 Å². The Balaban J connectivity index is 1.67. The van der Waals surface area contributed by atoms with E-state index in [1.165, 1.54) is 37.3 Å². The molecule has 1 aliphatic heterocycles. The van der Waals surface area contributed by atoms with Crippen molar-refractivity contribution in [3.05, 3.63) is 77.1 Å². The van der Waals surface area contributed by atoms with Gasteiger partial charge in [0.25, 0.3) is 15.9 Å². The third-order valence-corrected chi connectivity index (χ3v) is 5.90. The zero-order valence-electron chi connectivity index (χ0n) is 15.6. The normalized spacial score (nSPS) is 12.9. The molecular weight excluding hydrogens is 395 g/mol. The van der Waals surface area contributed by atoms with E-state index in [1.807, 2.05) is 13.0 Å². The fraction of sp³-hybridized carbons (Fsp3) is 0.0952. The molecule has 1 heterocycles. The molecular formula is C21H17FN2O4S. The zero-order chi connectivity index (χ0) is 20.8. The van der Waals surface area contributed by atoms with Crippen molar-refractivity contribution in [2.24, 2.45) is 0 Å². The molecule has 8 heteroatoms. The number of ether oxygens (including phenoxy) is 1. The molecule has 0 saturated carbocycles. The van der Waals surface area contributed by atoms with Crippen molar-refractivity contribution in [1.82, 2.24) is 0 Å². The molecule has 6 nitrogen and oxygen atoms in total. The van der Waals surface area contributed by atoms with Crippen LogP contribution in [0.5, 0.6) is 11.5 Å². The summed E-state index contributed by atoms with van der Waals surface area (Å²) in [6, 6.07) is 13.4. The maximum atomic E-state index is 13.4. The highest BCUT2D eigenvalue weighted by atomic mass is 32.2. The average molecular weight is 412 g/mol. The SMILES string of the molecule is Cc1ccc2c(c1)NC(=O)c1cc(NS(=O)(=O)c3ccc(F)c(C)c3)ccc1O2. The van der Waals surface area contributed by atoms with Crippen molar-refractivity contribution in [2.45, 2.75) is 18.7 Å². The van der Waals surface area contributed by atoms with Crippen LogP contribution in [0.4, 0.5) is 15.8 Å². The third kappa shape index (κ3) is 3.66. The Morgan fingerprint density at radius 1 is 0.966 bits per heavy atom. The van der Waals surface area contributed by atoms with Crippen LogP contribution in [0.3, 0.4) is 0 Å². The van der Waals surface area contributed by atoms with E-state index >= 15 is 0 Å². The van der Waals surface area contributed by atoms with Crippen molar-refractivity contribution in [2.75, 3.05) is 10.0 Å². The first-order valence-electron chi connectivity index (χ1n) is 8.76. The van der Waals surface area contributed by atoms with Gasteiger partial charge in [0.05, 0.1) is 16.1 Å². The predicted molar refractivity (Wildman–Crippen MR) is 108 cm³/mol. The number of benzene rings is 3. The van der Waals surface area contributed by atoms with Gasteiger partial charge in [-0.1, -0.05) is 6.07 Å². The number of rotatable bonds is 3. The summed E-state index contributed by atoms with van der Waals surface area (Å²) in [4.78, 5) is 12.6. The number of carbonyl (C=O) groups is 1. The first-order valence-corrected chi connectivity index (χ1v) is 10.2. The lowest BCUT2D eigenvalue weighted by Crippen LogP contribution is -2.15. The maximum Gasteiger partial charge on any atom is 0.261 e. The van der Waals surface area contributed by atoms with Crippen LogP contribution in [-0.2, 0) is 10.0 Å². The van der Waals surface area contributed by atoms with E-state index < -0.39 is 21.7 Å². The molecule has 0 unspecified atom stereocenters. The Bertz CT molecular complexity index is 1260. The molecule has 148 valence electrons. The summed E-state index contributed by atoms with van der Waals surface area (Å²) in [5.41, 5.74) is 2.09. The monoisotopic (exact) mass is 412 g/mol. The zero-order valence-corrected chi connectivity index (χ0v) is 16.4. The first-order chi connectivity index (χ1) is 13.7. The predicted octanol–water partition coefficient (Wildman–Crippen LogP) is 4.60. The van der Waals surface area contributed by atoms with Crippen molar-refractivity contribution < 1.29 is 22.3 Å². The van der Waals surface area contributed by atoms with Crippen LogP contribution >= 0.6 is 0 Å². The van der Waals surface area contributed by atoms with Crippen molar-refractivity contribution >= 4 is 27.3 Å². The van der Waals surface area contributed by atoms with Gasteiger partial charge < -0.3 is 10.1 Å². The van der Waals surface area contributed by atoms with Gasteiger partial charge in [-0.05, 0) is 73.5 Å². The van der Waals surface area contributed by atoms with Gasteiger partial charge >= 0.3 is 0 Å². The Hall–Kier alpha value is -3.39. The summed E-state index contributed by atoms with van der Waals surface area (Å²) < 4.78 is 47.0. The molecule has 0 bridgehead atoms. The molecule has 0 fully saturated rings. The van der Waals surface area contributed by atoms with Gasteiger partial charge in [0.15, 0.2) is 5.75 Å². The highest BCUT2D eigenvalue weighted by Gasteiger charge is 2.23. The maximum absolute atomic E-state index is 13.4. The summed E-state index contributed by atoms with van der Waals surface area (Å²) in [5.74, 6) is -0.0934. The number of fused-ring (bicyclic) bond motifs is 2. The number of hydrogen-bond acceptors (Lipinski definition) is 4. The summed E-state index contributed by atoms with van der Waals surface area (Å²) in [6.45, 7) is 3.38. The highest BCUT2D eigenvalue weighted by molar-refractivity contribution is 7.92. The Morgan fingerprint density at radius 2 is 1.72 bits per heavy atom. The van der Waals surface area contributed by atoms with E-state index in [1.54, 1.807) is 12.1 Å². The Morgan fingerprint density at radius 3 is 2.48 bits per heavy atom. The standard InChI is InChI=1S/C21H17FN2O4S/c1-12-3-7-20-18(9-12)23-21(25)16-11-14(4-8-19(16)28-20)24-29(26,27)15-5-6-17(22)13(2)10-15/h3-11,24H,1-2H3,(H,23,25). The fourth-order valence-electron chi connectivity index (χ4n) is 3.00. The highest BCUT2D eigenvalue weighted by Crippen LogP contribution is 2.37. The smallest absolute Gasteiger partial charge is 0.261 e. The van der Waals surface area contributed by atoms with E-state index in [4.69, 9.17) is 4.74 Å². The Kier molecular flexibility index (Phi) is 4.50. The van der Waals surface area contributed by atoms with E-state index in [2.05, 4.69) is 10.0 Å². The molecule has 4 rings (SSSR count). The molecule has 1 amide bonds. The summed E-state index contributed by atoms with van der Waals surface area (Å²) >= 11 is 0. The van der Waals surface area contributed by atoms with Gasteiger partial charge in [-0.15, -0.1) is 0 Å². The number of carbonyl (C=O) groups excluding carboxylic acids is 1. The van der Waals surface area contributed by atoms with Crippen molar-refractivity contribution in [3.63, 3.8) is 0 Å². The summed E-state index contributed by atoms with van der Waals surface area (Å²) in [5, 5.41) is 2.77. The molecule has 0 saturated heterocycles. The number of amides is 1. The second-order valence-electron chi connectivity index (χ2n) is 6.78. The lowest BCUT2D eigenvalue weighted by atomic mass is 10.1. The molecule has 29 heavy (non-hydrogen) atoms. The second kappa shape index (κ2) is 6.89. The number of sulfonamides is 1. The van der Waals surface area contributed by atoms with Gasteiger partial charge in [-0.2, -0.15) is 0 Å². The van der Waals surface area contributed by atoms with Crippen LogP contribution in [0.15, 0.2) is 59.5 Å². The van der Waals surface area contributed by atoms with Gasteiger partial charge in [0.2, 0.25) is 0 Å². The number of hydrogen-bond donors (Lipinski definition) is 2. The molecule has 2 N–H and O–H groups in total. The second-order valence-corrected chi connectivity index (χ2v) is 8.47. The topological polar surface area (TPSA) is 84.5 Å². The van der Waals surface area contributed by atoms with Crippen molar-refractivity contribution in [3.8, 4) is 11.5 Å². The third-order valence-electron chi connectivity index (χ3n) is 4.52. The van der Waals surface area contributed by atoms with Gasteiger partial charge in [-0.25, -0.2) is 12.8 Å². The van der Waals surface area contributed by atoms with Crippen LogP contribution in [0.1, 0.15) is 21.5 Å². The first kappa shape index (κ1) is 18.9. The van der Waals surface area contributed by atoms with E-state index in [0.717, 1.165) is 11.6 Å². The summed E-state index contributed by atoms with van der Waals surface area (Å²) in [6.07, 6.45) is 0. The largest absolute Gasteiger partial charge is 0.454 e. The molecule has 0 atom stereocenters. The minimum absolute atomic E-state index is 0.0741. The number of nitrogens with one attached hydrogen (secondary N) is 2.